The topological polar surface area (TPSA) is 79.3 Å². The van der Waals surface area contributed by atoms with Crippen molar-refractivity contribution in [3.8, 4) is 0 Å². The summed E-state index contributed by atoms with van der Waals surface area (Å²) in [5, 5.41) is 0. The maximum atomic E-state index is 13.0. The van der Waals surface area contributed by atoms with Crippen molar-refractivity contribution in [2.75, 3.05) is 13.2 Å². The van der Waals surface area contributed by atoms with Crippen LogP contribution in [0.1, 0.15) is 52.2 Å². The molecule has 2 aromatic rings. The second kappa shape index (κ2) is 11.7. The van der Waals surface area contributed by atoms with Gasteiger partial charge in [-0.2, -0.15) is 0 Å². The van der Waals surface area contributed by atoms with Crippen LogP contribution < -0.4 is 0 Å². The lowest BCUT2D eigenvalue weighted by atomic mass is 10.1. The Hall–Kier alpha value is -2.62. The van der Waals surface area contributed by atoms with Crippen LogP contribution in [0.4, 0.5) is 8.78 Å². The average Bonchev–Trinajstić information content (AvgIpc) is 2.71. The van der Waals surface area contributed by atoms with Gasteiger partial charge in [0, 0.05) is 26.1 Å². The third-order valence-corrected chi connectivity index (χ3v) is 4.12. The second-order valence-electron chi connectivity index (χ2n) is 6.97. The normalized spacial score (nSPS) is 15.9. The van der Waals surface area contributed by atoms with Gasteiger partial charge >= 0.3 is 0 Å². The summed E-state index contributed by atoms with van der Waals surface area (Å²) in [5.41, 5.74) is 0. The van der Waals surface area contributed by atoms with E-state index in [1.807, 2.05) is 27.7 Å². The molecule has 9 heteroatoms. The Morgan fingerprint density at radius 1 is 0.742 bits per heavy atom. The summed E-state index contributed by atoms with van der Waals surface area (Å²) in [6, 6.07) is 0. The molecule has 2 rings (SSSR count). The lowest BCUT2D eigenvalue weighted by Crippen LogP contribution is -2.44. The average molecular weight is 434 g/mol. The molecule has 0 saturated carbocycles. The lowest BCUT2D eigenvalue weighted by Gasteiger charge is -2.39. The molecule has 2 heterocycles. The van der Waals surface area contributed by atoms with Gasteiger partial charge in [-0.05, 0) is 39.8 Å². The van der Waals surface area contributed by atoms with Gasteiger partial charge in [-0.25, -0.2) is 28.7 Å². The highest BCUT2D eigenvalue weighted by molar-refractivity contribution is 5.39. The van der Waals surface area contributed by atoms with E-state index in [1.54, 1.807) is 24.3 Å². The predicted molar refractivity (Wildman–Crippen MR) is 112 cm³/mol. The van der Waals surface area contributed by atoms with Crippen LogP contribution in [0.25, 0.3) is 12.2 Å². The standard InChI is InChI=1S/C22H28F2N4O3/c1-5-29-21(3,11-7-9-19-25-13-17(23)14-26-19)31-22(4,30-6-2)12-8-10-20-27-15-18(24)16-28-20/h7-10,13-16H,5-6,11-12H2,1-4H3/b9-7-,10-8-. The maximum Gasteiger partial charge on any atom is 0.172 e. The van der Waals surface area contributed by atoms with E-state index >= 15 is 0 Å². The van der Waals surface area contributed by atoms with E-state index in [0.717, 1.165) is 24.8 Å². The van der Waals surface area contributed by atoms with Gasteiger partial charge in [-0.3, -0.25) is 0 Å². The van der Waals surface area contributed by atoms with Crippen LogP contribution in [0.15, 0.2) is 36.9 Å². The fourth-order valence-corrected chi connectivity index (χ4v) is 2.90. The molecule has 31 heavy (non-hydrogen) atoms. The Morgan fingerprint density at radius 3 is 1.42 bits per heavy atom. The van der Waals surface area contributed by atoms with E-state index in [9.17, 15) is 8.78 Å². The van der Waals surface area contributed by atoms with E-state index in [4.69, 9.17) is 14.2 Å². The lowest BCUT2D eigenvalue weighted by molar-refractivity contribution is -0.343. The van der Waals surface area contributed by atoms with E-state index in [0.29, 0.717) is 37.7 Å². The smallest absolute Gasteiger partial charge is 0.172 e. The van der Waals surface area contributed by atoms with Gasteiger partial charge in [0.2, 0.25) is 0 Å². The van der Waals surface area contributed by atoms with Crippen LogP contribution in [0.2, 0.25) is 0 Å². The highest BCUT2D eigenvalue weighted by atomic mass is 19.1. The summed E-state index contributed by atoms with van der Waals surface area (Å²) in [4.78, 5) is 15.6. The zero-order valence-corrected chi connectivity index (χ0v) is 18.2. The van der Waals surface area contributed by atoms with Gasteiger partial charge in [0.25, 0.3) is 0 Å². The Balaban J connectivity index is 2.08. The number of halogens is 2. The summed E-state index contributed by atoms with van der Waals surface area (Å²) < 4.78 is 43.9. The van der Waals surface area contributed by atoms with Crippen LogP contribution in [0.3, 0.4) is 0 Å². The number of ether oxygens (including phenoxy) is 3. The zero-order chi connectivity index (χ0) is 22.7. The van der Waals surface area contributed by atoms with E-state index in [2.05, 4.69) is 19.9 Å². The number of nitrogens with zero attached hydrogens (tertiary/aromatic N) is 4. The molecule has 2 aromatic heterocycles. The quantitative estimate of drug-likeness (QED) is 0.453. The summed E-state index contributed by atoms with van der Waals surface area (Å²) >= 11 is 0. The minimum atomic E-state index is -0.991. The summed E-state index contributed by atoms with van der Waals surface area (Å²) in [5.74, 6) is -2.20. The summed E-state index contributed by atoms with van der Waals surface area (Å²) in [7, 11) is 0. The monoisotopic (exact) mass is 434 g/mol. The molecule has 0 bridgehead atoms. The predicted octanol–water partition coefficient (Wildman–Crippen LogP) is 4.57. The molecule has 2 atom stereocenters. The molecule has 0 aliphatic heterocycles. The van der Waals surface area contributed by atoms with Crippen molar-refractivity contribution in [1.82, 2.24) is 19.9 Å². The first-order valence-corrected chi connectivity index (χ1v) is 10.0. The number of rotatable bonds is 12. The molecule has 0 saturated heterocycles. The van der Waals surface area contributed by atoms with E-state index in [1.165, 1.54) is 0 Å². The van der Waals surface area contributed by atoms with Crippen molar-refractivity contribution < 1.29 is 23.0 Å². The molecule has 0 aliphatic rings. The largest absolute Gasteiger partial charge is 0.350 e. The highest BCUT2D eigenvalue weighted by Crippen LogP contribution is 2.30. The first-order valence-electron chi connectivity index (χ1n) is 10.0. The Labute approximate surface area is 181 Å². The molecule has 0 radical (unpaired) electrons. The molecule has 0 aromatic carbocycles. The van der Waals surface area contributed by atoms with Gasteiger partial charge in [-0.15, -0.1) is 0 Å². The van der Waals surface area contributed by atoms with E-state index < -0.39 is 23.2 Å². The SMILES string of the molecule is CCOC(C)(C/C=C\c1ncc(F)cn1)OC(C)(C/C=C\c1ncc(F)cn1)OCC. The Bertz CT molecular complexity index is 791. The molecule has 2 unspecified atom stereocenters. The Morgan fingerprint density at radius 2 is 1.10 bits per heavy atom. The minimum Gasteiger partial charge on any atom is -0.350 e. The molecule has 0 fully saturated rings. The minimum absolute atomic E-state index is 0.384. The number of aromatic nitrogens is 4. The van der Waals surface area contributed by atoms with Crippen molar-refractivity contribution in [3.63, 3.8) is 0 Å². The van der Waals surface area contributed by atoms with Gasteiger partial charge in [-0.1, -0.05) is 12.2 Å². The molecule has 0 aliphatic carbocycles. The molecule has 0 spiro atoms. The fourth-order valence-electron chi connectivity index (χ4n) is 2.90. The molecule has 0 N–H and O–H groups in total. The van der Waals surface area contributed by atoms with Crippen LogP contribution in [-0.2, 0) is 14.2 Å². The van der Waals surface area contributed by atoms with Crippen molar-refractivity contribution in [3.05, 3.63) is 60.2 Å². The number of hydrogen-bond acceptors (Lipinski definition) is 7. The second-order valence-corrected chi connectivity index (χ2v) is 6.97. The maximum absolute atomic E-state index is 13.0. The molecule has 168 valence electrons. The summed E-state index contributed by atoms with van der Waals surface area (Å²) in [6.45, 7) is 8.24. The third-order valence-electron chi connectivity index (χ3n) is 4.12. The summed E-state index contributed by atoms with van der Waals surface area (Å²) in [6.07, 6.45) is 12.1. The Kier molecular flexibility index (Phi) is 9.29. The van der Waals surface area contributed by atoms with Crippen LogP contribution >= 0.6 is 0 Å². The van der Waals surface area contributed by atoms with Crippen molar-refractivity contribution >= 4 is 12.2 Å². The third kappa shape index (κ3) is 8.56. The fraction of sp³-hybridized carbons (Fsp3) is 0.455. The van der Waals surface area contributed by atoms with Gasteiger partial charge in [0.15, 0.2) is 34.9 Å². The van der Waals surface area contributed by atoms with E-state index in [-0.39, 0.29) is 0 Å². The number of hydrogen-bond donors (Lipinski definition) is 0. The first kappa shape index (κ1) is 24.6. The molecule has 7 nitrogen and oxygen atoms in total. The van der Waals surface area contributed by atoms with Crippen molar-refractivity contribution in [1.29, 1.82) is 0 Å². The van der Waals surface area contributed by atoms with Crippen molar-refractivity contribution in [2.45, 2.75) is 52.1 Å². The van der Waals surface area contributed by atoms with Crippen LogP contribution in [0, 0.1) is 11.6 Å². The first-order chi connectivity index (χ1) is 14.8. The van der Waals surface area contributed by atoms with Crippen LogP contribution in [0.5, 0.6) is 0 Å². The van der Waals surface area contributed by atoms with Gasteiger partial charge in [0.05, 0.1) is 24.8 Å². The molecule has 0 amide bonds. The van der Waals surface area contributed by atoms with Gasteiger partial charge in [0.1, 0.15) is 0 Å². The van der Waals surface area contributed by atoms with Crippen LogP contribution in [-0.4, -0.2) is 44.7 Å². The molecular formula is C22H28F2N4O3. The molecular weight excluding hydrogens is 406 g/mol. The van der Waals surface area contributed by atoms with Crippen molar-refractivity contribution in [2.24, 2.45) is 0 Å². The van der Waals surface area contributed by atoms with Gasteiger partial charge < -0.3 is 14.2 Å². The highest BCUT2D eigenvalue weighted by Gasteiger charge is 2.36. The zero-order valence-electron chi connectivity index (χ0n) is 18.2.